The predicted octanol–water partition coefficient (Wildman–Crippen LogP) is 2.79. The minimum atomic E-state index is -1.06. The Morgan fingerprint density at radius 2 is 2.00 bits per heavy atom. The monoisotopic (exact) mass is 227 g/mol. The molecule has 3 heteroatoms. The van der Waals surface area contributed by atoms with Gasteiger partial charge in [0.15, 0.2) is 0 Å². The normalized spacial score (nSPS) is 23.7. The molecular weight excluding hydrogens is 202 g/mol. The zero-order chi connectivity index (χ0) is 12.2. The van der Waals surface area contributed by atoms with Crippen LogP contribution in [0.15, 0.2) is 0 Å². The molecule has 0 aliphatic heterocycles. The first kappa shape index (κ1) is 13.5. The molecule has 3 nitrogen and oxygen atoms in total. The molecular formula is C13H25NO2. The average Bonchev–Trinajstić information content (AvgIpc) is 2.17. The first-order chi connectivity index (χ1) is 7.42. The maximum atomic E-state index is 10.9. The third-order valence-electron chi connectivity index (χ3n) is 3.72. The van der Waals surface area contributed by atoms with E-state index in [-0.39, 0.29) is 0 Å². The van der Waals surface area contributed by atoms with Gasteiger partial charge in [-0.25, -0.2) is 0 Å². The summed E-state index contributed by atoms with van der Waals surface area (Å²) in [6, 6.07) is 0. The summed E-state index contributed by atoms with van der Waals surface area (Å²) in [4.78, 5) is 10.9. The number of aliphatic carboxylic acids is 1. The van der Waals surface area contributed by atoms with Crippen LogP contribution in [0.1, 0.15) is 58.8 Å². The topological polar surface area (TPSA) is 63.3 Å². The summed E-state index contributed by atoms with van der Waals surface area (Å²) in [5, 5.41) is 8.97. The number of hydrogen-bond acceptors (Lipinski definition) is 2. The van der Waals surface area contributed by atoms with Crippen LogP contribution in [0.4, 0.5) is 0 Å². The second kappa shape index (κ2) is 5.67. The molecule has 0 bridgehead atoms. The zero-order valence-electron chi connectivity index (χ0n) is 10.5. The lowest BCUT2D eigenvalue weighted by molar-refractivity contribution is -0.143. The standard InChI is InChI=1S/C13H25NO2/c1-10(9-13(2,14)12(15)16)8-11-6-4-3-5-7-11/h10-11H,3-9,14H2,1-2H3,(H,15,16)/t10-,13+/m0/s1. The van der Waals surface area contributed by atoms with Gasteiger partial charge < -0.3 is 10.8 Å². The van der Waals surface area contributed by atoms with E-state index in [0.717, 1.165) is 12.3 Å². The van der Waals surface area contributed by atoms with Crippen LogP contribution >= 0.6 is 0 Å². The summed E-state index contributed by atoms with van der Waals surface area (Å²) in [7, 11) is 0. The van der Waals surface area contributed by atoms with E-state index < -0.39 is 11.5 Å². The van der Waals surface area contributed by atoms with Crippen LogP contribution in [0.5, 0.6) is 0 Å². The maximum Gasteiger partial charge on any atom is 0.323 e. The SMILES string of the molecule is C[C@@H](CC1CCCCC1)C[C@@](C)(N)C(=O)O. The molecule has 0 saturated heterocycles. The van der Waals surface area contributed by atoms with Crippen molar-refractivity contribution in [3.8, 4) is 0 Å². The summed E-state index contributed by atoms with van der Waals surface area (Å²) in [5.41, 5.74) is 4.70. The number of carboxylic acids is 1. The van der Waals surface area contributed by atoms with Crippen molar-refractivity contribution in [3.05, 3.63) is 0 Å². The number of carboxylic acid groups (broad SMARTS) is 1. The lowest BCUT2D eigenvalue weighted by Crippen LogP contribution is -2.46. The molecule has 0 aromatic rings. The van der Waals surface area contributed by atoms with E-state index in [1.807, 2.05) is 0 Å². The van der Waals surface area contributed by atoms with E-state index in [0.29, 0.717) is 12.3 Å². The third kappa shape index (κ3) is 4.12. The van der Waals surface area contributed by atoms with Gasteiger partial charge >= 0.3 is 5.97 Å². The summed E-state index contributed by atoms with van der Waals surface area (Å²) < 4.78 is 0. The molecule has 3 N–H and O–H groups in total. The second-order valence-corrected chi connectivity index (χ2v) is 5.77. The Labute approximate surface area is 98.4 Å². The molecule has 1 rings (SSSR count). The molecule has 16 heavy (non-hydrogen) atoms. The second-order valence-electron chi connectivity index (χ2n) is 5.77. The van der Waals surface area contributed by atoms with Gasteiger partial charge in [0.25, 0.3) is 0 Å². The maximum absolute atomic E-state index is 10.9. The van der Waals surface area contributed by atoms with Gasteiger partial charge in [-0.1, -0.05) is 39.0 Å². The summed E-state index contributed by atoms with van der Waals surface area (Å²) in [6.45, 7) is 3.75. The summed E-state index contributed by atoms with van der Waals surface area (Å²) in [6.07, 6.45) is 8.41. The molecule has 0 spiro atoms. The fourth-order valence-electron chi connectivity index (χ4n) is 2.89. The van der Waals surface area contributed by atoms with E-state index in [1.165, 1.54) is 32.1 Å². The van der Waals surface area contributed by atoms with E-state index in [2.05, 4.69) is 6.92 Å². The van der Waals surface area contributed by atoms with E-state index in [4.69, 9.17) is 10.8 Å². The van der Waals surface area contributed by atoms with Gasteiger partial charge in [-0.05, 0) is 31.6 Å². The Balaban J connectivity index is 2.34. The first-order valence-electron chi connectivity index (χ1n) is 6.44. The molecule has 1 aliphatic rings. The van der Waals surface area contributed by atoms with Gasteiger partial charge in [-0.3, -0.25) is 4.79 Å². The molecule has 94 valence electrons. The van der Waals surface area contributed by atoms with Crippen molar-refractivity contribution < 1.29 is 9.90 Å². The first-order valence-corrected chi connectivity index (χ1v) is 6.44. The van der Waals surface area contributed by atoms with Crippen LogP contribution in [0.2, 0.25) is 0 Å². The highest BCUT2D eigenvalue weighted by molar-refractivity contribution is 5.77. The smallest absolute Gasteiger partial charge is 0.323 e. The van der Waals surface area contributed by atoms with Crippen LogP contribution in [-0.2, 0) is 4.79 Å². The molecule has 1 saturated carbocycles. The van der Waals surface area contributed by atoms with Gasteiger partial charge in [0, 0.05) is 0 Å². The highest BCUT2D eigenvalue weighted by atomic mass is 16.4. The Bertz CT molecular complexity index is 232. The van der Waals surface area contributed by atoms with Crippen molar-refractivity contribution in [3.63, 3.8) is 0 Å². The molecule has 1 fully saturated rings. The summed E-state index contributed by atoms with van der Waals surface area (Å²) >= 11 is 0. The molecule has 0 aromatic carbocycles. The van der Waals surface area contributed by atoms with Crippen molar-refractivity contribution in [2.24, 2.45) is 17.6 Å². The van der Waals surface area contributed by atoms with Gasteiger partial charge in [-0.15, -0.1) is 0 Å². The number of carbonyl (C=O) groups is 1. The largest absolute Gasteiger partial charge is 0.480 e. The highest BCUT2D eigenvalue weighted by Crippen LogP contribution is 2.31. The van der Waals surface area contributed by atoms with Crippen LogP contribution in [-0.4, -0.2) is 16.6 Å². The van der Waals surface area contributed by atoms with Gasteiger partial charge in [0.2, 0.25) is 0 Å². The van der Waals surface area contributed by atoms with Gasteiger partial charge in [0.1, 0.15) is 5.54 Å². The Morgan fingerprint density at radius 1 is 1.44 bits per heavy atom. The van der Waals surface area contributed by atoms with Crippen molar-refractivity contribution in [1.29, 1.82) is 0 Å². The molecule has 1 aliphatic carbocycles. The molecule has 0 aromatic heterocycles. The van der Waals surface area contributed by atoms with E-state index in [1.54, 1.807) is 6.92 Å². The fraction of sp³-hybridized carbons (Fsp3) is 0.923. The molecule has 2 atom stereocenters. The van der Waals surface area contributed by atoms with Crippen LogP contribution in [0.25, 0.3) is 0 Å². The lowest BCUT2D eigenvalue weighted by Gasteiger charge is -2.28. The van der Waals surface area contributed by atoms with Crippen molar-refractivity contribution >= 4 is 5.97 Å². The quantitative estimate of drug-likeness (QED) is 0.759. The van der Waals surface area contributed by atoms with Gasteiger partial charge in [-0.2, -0.15) is 0 Å². The van der Waals surface area contributed by atoms with Gasteiger partial charge in [0.05, 0.1) is 0 Å². The van der Waals surface area contributed by atoms with Crippen molar-refractivity contribution in [1.82, 2.24) is 0 Å². The molecule has 0 heterocycles. The van der Waals surface area contributed by atoms with Crippen LogP contribution < -0.4 is 5.73 Å². The lowest BCUT2D eigenvalue weighted by atomic mass is 9.79. The van der Waals surface area contributed by atoms with E-state index in [9.17, 15) is 4.79 Å². The predicted molar refractivity (Wildman–Crippen MR) is 65.2 cm³/mol. The van der Waals surface area contributed by atoms with Crippen molar-refractivity contribution in [2.45, 2.75) is 64.3 Å². The number of nitrogens with two attached hydrogens (primary N) is 1. The third-order valence-corrected chi connectivity index (χ3v) is 3.72. The number of rotatable bonds is 5. The van der Waals surface area contributed by atoms with Crippen LogP contribution in [0.3, 0.4) is 0 Å². The number of hydrogen-bond donors (Lipinski definition) is 2. The van der Waals surface area contributed by atoms with E-state index >= 15 is 0 Å². The molecule has 0 unspecified atom stereocenters. The molecule has 0 amide bonds. The minimum absolute atomic E-state index is 0.411. The summed E-state index contributed by atoms with van der Waals surface area (Å²) in [5.74, 6) is 0.325. The highest BCUT2D eigenvalue weighted by Gasteiger charge is 2.30. The minimum Gasteiger partial charge on any atom is -0.480 e. The Morgan fingerprint density at radius 3 is 2.50 bits per heavy atom. The Kier molecular flexibility index (Phi) is 4.78. The van der Waals surface area contributed by atoms with Crippen molar-refractivity contribution in [2.75, 3.05) is 0 Å². The molecule has 0 radical (unpaired) electrons. The fourth-order valence-corrected chi connectivity index (χ4v) is 2.89. The van der Waals surface area contributed by atoms with Crippen LogP contribution in [0, 0.1) is 11.8 Å². The zero-order valence-corrected chi connectivity index (χ0v) is 10.5. The average molecular weight is 227 g/mol. The Hall–Kier alpha value is -0.570.